The normalized spacial score (nSPS) is 11.6. The van der Waals surface area contributed by atoms with Crippen molar-refractivity contribution in [1.29, 1.82) is 0 Å². The number of carbonyl (C=O) groups excluding carboxylic acids is 1. The number of hydrogen-bond donors (Lipinski definition) is 1. The predicted molar refractivity (Wildman–Crippen MR) is 120 cm³/mol. The van der Waals surface area contributed by atoms with Crippen molar-refractivity contribution in [3.63, 3.8) is 0 Å². The molecule has 0 atom stereocenters. The Kier molecular flexibility index (Phi) is 8.52. The monoisotopic (exact) mass is 456 g/mol. The third kappa shape index (κ3) is 7.58. The van der Waals surface area contributed by atoms with E-state index in [9.17, 15) is 13.2 Å². The van der Waals surface area contributed by atoms with Gasteiger partial charge in [-0.25, -0.2) is 8.42 Å². The highest BCUT2D eigenvalue weighted by Crippen LogP contribution is 2.14. The summed E-state index contributed by atoms with van der Waals surface area (Å²) in [6.45, 7) is 2.33. The van der Waals surface area contributed by atoms with Gasteiger partial charge in [0.1, 0.15) is 5.75 Å². The quantitative estimate of drug-likeness (QED) is 0.418. The van der Waals surface area contributed by atoms with Crippen molar-refractivity contribution < 1.29 is 17.7 Å². The minimum Gasteiger partial charge on any atom is -0.356 e. The Balaban J connectivity index is 1.34. The van der Waals surface area contributed by atoms with Crippen molar-refractivity contribution in [2.45, 2.75) is 36.5 Å². The summed E-state index contributed by atoms with van der Waals surface area (Å²) in [4.78, 5) is 18.6. The standard InChI is InChI=1S/C23H28N4O4S/c1-27(17-19-9-4-2-5-10-19)16-8-15-24-22(28)13-14-23-25-21(26-31-23)18-32(29,30)20-11-6-3-7-12-20/h2-7,9-12H,8,13-18H2,1H3,(H,24,28). The Morgan fingerprint density at radius 3 is 2.47 bits per heavy atom. The molecule has 0 unspecified atom stereocenters. The van der Waals surface area contributed by atoms with Gasteiger partial charge in [0.25, 0.3) is 0 Å². The molecule has 0 bridgehead atoms. The van der Waals surface area contributed by atoms with Gasteiger partial charge >= 0.3 is 0 Å². The predicted octanol–water partition coefficient (Wildman–Crippen LogP) is 2.61. The van der Waals surface area contributed by atoms with E-state index in [2.05, 4.69) is 39.5 Å². The maximum atomic E-state index is 12.4. The largest absolute Gasteiger partial charge is 0.356 e. The molecule has 0 aliphatic rings. The lowest BCUT2D eigenvalue weighted by molar-refractivity contribution is -0.121. The Hall–Kier alpha value is -3.04. The van der Waals surface area contributed by atoms with E-state index in [-0.39, 0.29) is 41.1 Å². The molecule has 32 heavy (non-hydrogen) atoms. The molecular formula is C23H28N4O4S. The maximum absolute atomic E-state index is 12.4. The molecule has 170 valence electrons. The molecule has 0 saturated heterocycles. The number of benzene rings is 2. The molecule has 0 fully saturated rings. The van der Waals surface area contributed by atoms with Gasteiger partial charge in [0.15, 0.2) is 15.7 Å². The van der Waals surface area contributed by atoms with Crippen molar-refractivity contribution in [2.24, 2.45) is 0 Å². The summed E-state index contributed by atoms with van der Waals surface area (Å²) >= 11 is 0. The van der Waals surface area contributed by atoms with E-state index in [0.717, 1.165) is 19.5 Å². The first kappa shape index (κ1) is 23.6. The highest BCUT2D eigenvalue weighted by molar-refractivity contribution is 7.90. The molecule has 0 aliphatic carbocycles. The number of carbonyl (C=O) groups is 1. The highest BCUT2D eigenvalue weighted by atomic mass is 32.2. The zero-order valence-electron chi connectivity index (χ0n) is 18.1. The third-order valence-corrected chi connectivity index (χ3v) is 6.46. The zero-order valence-corrected chi connectivity index (χ0v) is 18.9. The van der Waals surface area contributed by atoms with E-state index in [1.54, 1.807) is 18.2 Å². The molecule has 2 aromatic carbocycles. The molecule has 0 spiro atoms. The number of amides is 1. The lowest BCUT2D eigenvalue weighted by Gasteiger charge is -2.16. The molecule has 0 radical (unpaired) electrons. The maximum Gasteiger partial charge on any atom is 0.227 e. The Labute approximate surface area is 188 Å². The topological polar surface area (TPSA) is 105 Å². The van der Waals surface area contributed by atoms with E-state index in [1.807, 2.05) is 18.2 Å². The molecule has 1 amide bonds. The van der Waals surface area contributed by atoms with Gasteiger partial charge in [-0.05, 0) is 37.7 Å². The minimum absolute atomic E-state index is 0.0886. The van der Waals surface area contributed by atoms with Crippen LogP contribution < -0.4 is 5.32 Å². The van der Waals surface area contributed by atoms with Crippen LogP contribution in [0.25, 0.3) is 0 Å². The molecule has 9 heteroatoms. The summed E-state index contributed by atoms with van der Waals surface area (Å²) in [5.74, 6) is -0.109. The average Bonchev–Trinajstić information content (AvgIpc) is 3.23. The Morgan fingerprint density at radius 2 is 1.75 bits per heavy atom. The molecule has 0 aliphatic heterocycles. The summed E-state index contributed by atoms with van der Waals surface area (Å²) in [6.07, 6.45) is 1.31. The van der Waals surface area contributed by atoms with Crippen LogP contribution in [-0.2, 0) is 33.4 Å². The number of sulfone groups is 1. The lowest BCUT2D eigenvalue weighted by Crippen LogP contribution is -2.28. The first-order valence-corrected chi connectivity index (χ1v) is 12.2. The van der Waals surface area contributed by atoms with Crippen LogP contribution in [0.4, 0.5) is 0 Å². The molecule has 1 N–H and O–H groups in total. The molecular weight excluding hydrogens is 428 g/mol. The number of rotatable bonds is 12. The molecule has 1 aromatic heterocycles. The summed E-state index contributed by atoms with van der Waals surface area (Å²) in [6, 6.07) is 18.4. The van der Waals surface area contributed by atoms with Crippen molar-refractivity contribution >= 4 is 15.7 Å². The van der Waals surface area contributed by atoms with Gasteiger partial charge in [-0.1, -0.05) is 53.7 Å². The van der Waals surface area contributed by atoms with Gasteiger partial charge in [0.2, 0.25) is 11.8 Å². The van der Waals surface area contributed by atoms with Crippen LogP contribution in [0.3, 0.4) is 0 Å². The number of aromatic nitrogens is 2. The minimum atomic E-state index is -3.54. The lowest BCUT2D eigenvalue weighted by atomic mass is 10.2. The van der Waals surface area contributed by atoms with Crippen LogP contribution in [0.15, 0.2) is 70.1 Å². The molecule has 8 nitrogen and oxygen atoms in total. The van der Waals surface area contributed by atoms with Gasteiger partial charge in [-0.15, -0.1) is 0 Å². The smallest absolute Gasteiger partial charge is 0.227 e. The van der Waals surface area contributed by atoms with Gasteiger partial charge in [-0.3, -0.25) is 4.79 Å². The van der Waals surface area contributed by atoms with E-state index < -0.39 is 9.84 Å². The number of nitrogens with one attached hydrogen (secondary N) is 1. The second-order valence-electron chi connectivity index (χ2n) is 7.60. The van der Waals surface area contributed by atoms with Crippen molar-refractivity contribution in [3.8, 4) is 0 Å². The van der Waals surface area contributed by atoms with Crippen LogP contribution >= 0.6 is 0 Å². The van der Waals surface area contributed by atoms with Crippen molar-refractivity contribution in [2.75, 3.05) is 20.1 Å². The van der Waals surface area contributed by atoms with Crippen LogP contribution in [-0.4, -0.2) is 49.5 Å². The van der Waals surface area contributed by atoms with Gasteiger partial charge in [0.05, 0.1) is 4.90 Å². The first-order valence-electron chi connectivity index (χ1n) is 10.5. The SMILES string of the molecule is CN(CCCNC(=O)CCc1nc(CS(=O)(=O)c2ccccc2)no1)Cc1ccccc1. The number of aryl methyl sites for hydroxylation is 1. The number of nitrogens with zero attached hydrogens (tertiary/aromatic N) is 3. The molecule has 3 rings (SSSR count). The van der Waals surface area contributed by atoms with Crippen LogP contribution in [0.5, 0.6) is 0 Å². The van der Waals surface area contributed by atoms with E-state index >= 15 is 0 Å². The Bertz CT molecular complexity index is 1090. The van der Waals surface area contributed by atoms with E-state index in [1.165, 1.54) is 17.7 Å². The van der Waals surface area contributed by atoms with Crippen LogP contribution in [0.2, 0.25) is 0 Å². The second kappa shape index (κ2) is 11.5. The third-order valence-electron chi connectivity index (χ3n) is 4.83. The molecule has 0 saturated carbocycles. The number of hydrogen-bond acceptors (Lipinski definition) is 7. The fraction of sp³-hybridized carbons (Fsp3) is 0.348. The average molecular weight is 457 g/mol. The van der Waals surface area contributed by atoms with Crippen LogP contribution in [0.1, 0.15) is 30.1 Å². The van der Waals surface area contributed by atoms with E-state index in [0.29, 0.717) is 6.54 Å². The van der Waals surface area contributed by atoms with Gasteiger partial charge in [-0.2, -0.15) is 4.98 Å². The first-order chi connectivity index (χ1) is 15.4. The summed E-state index contributed by atoms with van der Waals surface area (Å²) in [7, 11) is -1.49. The fourth-order valence-corrected chi connectivity index (χ4v) is 4.39. The zero-order chi connectivity index (χ0) is 22.8. The summed E-state index contributed by atoms with van der Waals surface area (Å²) < 4.78 is 29.9. The molecule has 1 heterocycles. The summed E-state index contributed by atoms with van der Waals surface area (Å²) in [5.41, 5.74) is 1.26. The molecule has 3 aromatic rings. The van der Waals surface area contributed by atoms with Gasteiger partial charge < -0.3 is 14.7 Å². The van der Waals surface area contributed by atoms with Crippen LogP contribution in [0, 0.1) is 0 Å². The van der Waals surface area contributed by atoms with Crippen molar-refractivity contribution in [1.82, 2.24) is 20.4 Å². The second-order valence-corrected chi connectivity index (χ2v) is 9.59. The Morgan fingerprint density at radius 1 is 1.06 bits per heavy atom. The fourth-order valence-electron chi connectivity index (χ4n) is 3.19. The van der Waals surface area contributed by atoms with Crippen molar-refractivity contribution in [3.05, 3.63) is 77.9 Å². The van der Waals surface area contributed by atoms with E-state index in [4.69, 9.17) is 4.52 Å². The summed E-state index contributed by atoms with van der Waals surface area (Å²) in [5, 5.41) is 6.62. The highest BCUT2D eigenvalue weighted by Gasteiger charge is 2.19. The van der Waals surface area contributed by atoms with Gasteiger partial charge in [0, 0.05) is 25.9 Å².